The highest BCUT2D eigenvalue weighted by molar-refractivity contribution is 5.76. The standard InChI is InChI=1S/C12H25N3O/c1-12(16)6-4-9-15(10-7-12)8-3-2-5-11(13)14/h16H,2-10H2,1H3,(H3,13,14). The molecule has 0 bridgehead atoms. The van der Waals surface area contributed by atoms with Gasteiger partial charge in [0.25, 0.3) is 0 Å². The topological polar surface area (TPSA) is 73.3 Å². The highest BCUT2D eigenvalue weighted by atomic mass is 16.3. The van der Waals surface area contributed by atoms with Crippen LogP contribution in [0.4, 0.5) is 0 Å². The molecule has 1 unspecified atom stereocenters. The van der Waals surface area contributed by atoms with Crippen LogP contribution < -0.4 is 5.73 Å². The van der Waals surface area contributed by atoms with Crippen LogP contribution in [0.25, 0.3) is 0 Å². The van der Waals surface area contributed by atoms with Gasteiger partial charge in [-0.05, 0) is 52.1 Å². The predicted octanol–water partition coefficient (Wildman–Crippen LogP) is 1.33. The van der Waals surface area contributed by atoms with E-state index >= 15 is 0 Å². The highest BCUT2D eigenvalue weighted by Crippen LogP contribution is 2.21. The number of hydrogen-bond acceptors (Lipinski definition) is 3. The van der Waals surface area contributed by atoms with Gasteiger partial charge in [0.1, 0.15) is 0 Å². The van der Waals surface area contributed by atoms with Crippen LogP contribution in [0, 0.1) is 5.41 Å². The molecule has 4 heteroatoms. The number of nitrogens with zero attached hydrogens (tertiary/aromatic N) is 1. The molecule has 1 rings (SSSR count). The lowest BCUT2D eigenvalue weighted by Gasteiger charge is -2.22. The number of nitrogens with one attached hydrogen (secondary N) is 1. The van der Waals surface area contributed by atoms with Crippen LogP contribution >= 0.6 is 0 Å². The summed E-state index contributed by atoms with van der Waals surface area (Å²) in [6.45, 7) is 5.10. The van der Waals surface area contributed by atoms with Gasteiger partial charge in [-0.25, -0.2) is 0 Å². The first-order valence-electron chi connectivity index (χ1n) is 6.27. The molecule has 0 aromatic carbocycles. The van der Waals surface area contributed by atoms with Gasteiger partial charge in [0.05, 0.1) is 11.4 Å². The van der Waals surface area contributed by atoms with Gasteiger partial charge in [0, 0.05) is 13.0 Å². The number of amidine groups is 1. The lowest BCUT2D eigenvalue weighted by Crippen LogP contribution is -2.29. The van der Waals surface area contributed by atoms with E-state index in [1.807, 2.05) is 6.92 Å². The Morgan fingerprint density at radius 3 is 2.81 bits per heavy atom. The summed E-state index contributed by atoms with van der Waals surface area (Å²) in [7, 11) is 0. The van der Waals surface area contributed by atoms with E-state index in [1.165, 1.54) is 0 Å². The van der Waals surface area contributed by atoms with Gasteiger partial charge in [-0.2, -0.15) is 0 Å². The summed E-state index contributed by atoms with van der Waals surface area (Å²) in [6.07, 6.45) is 5.69. The Morgan fingerprint density at radius 2 is 2.12 bits per heavy atom. The van der Waals surface area contributed by atoms with E-state index in [4.69, 9.17) is 11.1 Å². The average molecular weight is 227 g/mol. The molecule has 1 aliphatic rings. The molecule has 16 heavy (non-hydrogen) atoms. The van der Waals surface area contributed by atoms with Crippen molar-refractivity contribution in [1.82, 2.24) is 4.90 Å². The van der Waals surface area contributed by atoms with Crippen LogP contribution in [0.5, 0.6) is 0 Å². The second-order valence-corrected chi connectivity index (χ2v) is 5.17. The fourth-order valence-electron chi connectivity index (χ4n) is 2.19. The van der Waals surface area contributed by atoms with Gasteiger partial charge in [-0.15, -0.1) is 0 Å². The van der Waals surface area contributed by atoms with Crippen molar-refractivity contribution in [2.24, 2.45) is 5.73 Å². The number of rotatable bonds is 5. The van der Waals surface area contributed by atoms with Crippen molar-refractivity contribution in [2.45, 2.75) is 51.0 Å². The maximum Gasteiger partial charge on any atom is 0.0905 e. The summed E-state index contributed by atoms with van der Waals surface area (Å²) < 4.78 is 0. The molecule has 0 aliphatic carbocycles. The zero-order valence-electron chi connectivity index (χ0n) is 10.3. The summed E-state index contributed by atoms with van der Waals surface area (Å²) in [5, 5.41) is 17.1. The average Bonchev–Trinajstić information content (AvgIpc) is 2.34. The maximum atomic E-state index is 9.95. The van der Waals surface area contributed by atoms with Crippen LogP contribution in [0.15, 0.2) is 0 Å². The summed E-state index contributed by atoms with van der Waals surface area (Å²) in [6, 6.07) is 0. The van der Waals surface area contributed by atoms with Crippen LogP contribution in [0.3, 0.4) is 0 Å². The Morgan fingerprint density at radius 1 is 1.38 bits per heavy atom. The van der Waals surface area contributed by atoms with Crippen molar-refractivity contribution in [3.63, 3.8) is 0 Å². The predicted molar refractivity (Wildman–Crippen MR) is 66.7 cm³/mol. The normalized spacial score (nSPS) is 27.6. The molecule has 94 valence electrons. The van der Waals surface area contributed by atoms with Crippen LogP contribution in [-0.4, -0.2) is 41.1 Å². The smallest absolute Gasteiger partial charge is 0.0905 e. The van der Waals surface area contributed by atoms with Gasteiger partial charge < -0.3 is 15.7 Å². The van der Waals surface area contributed by atoms with E-state index in [0.717, 1.165) is 51.7 Å². The van der Waals surface area contributed by atoms with Gasteiger partial charge in [-0.3, -0.25) is 5.41 Å². The minimum atomic E-state index is -0.464. The Balaban J connectivity index is 2.15. The molecule has 0 radical (unpaired) electrons. The number of likely N-dealkylation sites (tertiary alicyclic amines) is 1. The quantitative estimate of drug-likeness (QED) is 0.377. The van der Waals surface area contributed by atoms with Crippen molar-refractivity contribution >= 4 is 5.84 Å². The summed E-state index contributed by atoms with van der Waals surface area (Å²) in [5.41, 5.74) is 4.84. The van der Waals surface area contributed by atoms with Gasteiger partial charge in [-0.1, -0.05) is 0 Å². The molecule has 4 N–H and O–H groups in total. The van der Waals surface area contributed by atoms with E-state index in [1.54, 1.807) is 0 Å². The molecule has 1 atom stereocenters. The Bertz CT molecular complexity index is 228. The largest absolute Gasteiger partial charge is 0.390 e. The van der Waals surface area contributed by atoms with Crippen molar-refractivity contribution in [3.8, 4) is 0 Å². The highest BCUT2D eigenvalue weighted by Gasteiger charge is 2.24. The molecule has 4 nitrogen and oxygen atoms in total. The minimum absolute atomic E-state index is 0.291. The Hall–Kier alpha value is -0.610. The van der Waals surface area contributed by atoms with Crippen LogP contribution in [0.1, 0.15) is 45.4 Å². The number of hydrogen-bond donors (Lipinski definition) is 3. The molecule has 1 heterocycles. The second-order valence-electron chi connectivity index (χ2n) is 5.17. The van der Waals surface area contributed by atoms with Crippen LogP contribution in [0.2, 0.25) is 0 Å². The summed E-state index contributed by atoms with van der Waals surface area (Å²) >= 11 is 0. The molecular weight excluding hydrogens is 202 g/mol. The summed E-state index contributed by atoms with van der Waals surface area (Å²) in [4.78, 5) is 2.42. The first kappa shape index (κ1) is 13.5. The molecule has 0 aromatic heterocycles. The Labute approximate surface area is 98.3 Å². The van der Waals surface area contributed by atoms with E-state index in [2.05, 4.69) is 4.90 Å². The molecule has 0 spiro atoms. The van der Waals surface area contributed by atoms with Crippen LogP contribution in [-0.2, 0) is 0 Å². The third-order valence-electron chi connectivity index (χ3n) is 3.33. The Kier molecular flexibility index (Phi) is 5.22. The van der Waals surface area contributed by atoms with E-state index in [0.29, 0.717) is 12.3 Å². The minimum Gasteiger partial charge on any atom is -0.390 e. The lowest BCUT2D eigenvalue weighted by molar-refractivity contribution is 0.0446. The third kappa shape index (κ3) is 5.47. The maximum absolute atomic E-state index is 9.95. The zero-order valence-corrected chi connectivity index (χ0v) is 10.3. The number of aliphatic hydroxyl groups is 1. The molecule has 0 saturated carbocycles. The monoisotopic (exact) mass is 227 g/mol. The lowest BCUT2D eigenvalue weighted by atomic mass is 9.98. The first-order chi connectivity index (χ1) is 7.49. The fraction of sp³-hybridized carbons (Fsp3) is 0.917. The summed E-state index contributed by atoms with van der Waals surface area (Å²) in [5.74, 6) is 0.291. The molecular formula is C12H25N3O. The fourth-order valence-corrected chi connectivity index (χ4v) is 2.19. The molecule has 1 saturated heterocycles. The molecule has 1 fully saturated rings. The van der Waals surface area contributed by atoms with E-state index in [9.17, 15) is 5.11 Å². The number of unbranched alkanes of at least 4 members (excludes halogenated alkanes) is 1. The van der Waals surface area contributed by atoms with Gasteiger partial charge in [0.2, 0.25) is 0 Å². The first-order valence-corrected chi connectivity index (χ1v) is 6.27. The van der Waals surface area contributed by atoms with Crippen molar-refractivity contribution in [3.05, 3.63) is 0 Å². The molecule has 1 aliphatic heterocycles. The number of nitrogens with two attached hydrogens (primary N) is 1. The van der Waals surface area contributed by atoms with Gasteiger partial charge >= 0.3 is 0 Å². The third-order valence-corrected chi connectivity index (χ3v) is 3.33. The SMILES string of the molecule is CC1(O)CCCN(CCCCC(=N)N)CC1. The van der Waals surface area contributed by atoms with Gasteiger partial charge in [0.15, 0.2) is 0 Å². The van der Waals surface area contributed by atoms with Crippen molar-refractivity contribution < 1.29 is 5.11 Å². The second kappa shape index (κ2) is 6.21. The van der Waals surface area contributed by atoms with Crippen molar-refractivity contribution in [2.75, 3.05) is 19.6 Å². The zero-order chi connectivity index (χ0) is 12.0. The van der Waals surface area contributed by atoms with Crippen molar-refractivity contribution in [1.29, 1.82) is 5.41 Å². The molecule has 0 aromatic rings. The van der Waals surface area contributed by atoms with E-state index in [-0.39, 0.29) is 0 Å². The molecule has 0 amide bonds. The van der Waals surface area contributed by atoms with E-state index < -0.39 is 5.60 Å².